The van der Waals surface area contributed by atoms with Crippen LogP contribution in [0.25, 0.3) is 6.08 Å². The molecule has 0 aromatic heterocycles. The third-order valence-electron chi connectivity index (χ3n) is 3.25. The average Bonchev–Trinajstić information content (AvgIpc) is 2.76. The lowest BCUT2D eigenvalue weighted by molar-refractivity contribution is -0.113. The molecule has 0 bridgehead atoms. The molecule has 1 amide bonds. The topological polar surface area (TPSA) is 20.3 Å². The standard InChI is InChI=1S/C17H13NOS2/c1-12-7-5-6-10-14(12)18-16(19)15(21-17(18)20)11-13-8-3-2-4-9-13/h2-11H,1H3. The van der Waals surface area contributed by atoms with Crippen LogP contribution in [-0.2, 0) is 4.79 Å². The molecule has 2 aromatic rings. The quantitative estimate of drug-likeness (QED) is 0.605. The molecule has 0 aliphatic carbocycles. The monoisotopic (exact) mass is 311 g/mol. The first-order valence-corrected chi connectivity index (χ1v) is 7.78. The lowest BCUT2D eigenvalue weighted by Gasteiger charge is -2.16. The minimum Gasteiger partial charge on any atom is -0.268 e. The number of aryl methyl sites for hydroxylation is 1. The van der Waals surface area contributed by atoms with Gasteiger partial charge in [-0.3, -0.25) is 9.69 Å². The second-order valence-electron chi connectivity index (χ2n) is 4.71. The highest BCUT2D eigenvalue weighted by Gasteiger charge is 2.33. The molecule has 0 radical (unpaired) electrons. The first kappa shape index (κ1) is 14.0. The Morgan fingerprint density at radius 1 is 1.05 bits per heavy atom. The van der Waals surface area contributed by atoms with Crippen molar-refractivity contribution in [1.29, 1.82) is 0 Å². The van der Waals surface area contributed by atoms with Crippen LogP contribution in [0.2, 0.25) is 0 Å². The van der Waals surface area contributed by atoms with Crippen LogP contribution < -0.4 is 4.90 Å². The van der Waals surface area contributed by atoms with Crippen molar-refractivity contribution in [2.45, 2.75) is 6.92 Å². The van der Waals surface area contributed by atoms with Gasteiger partial charge in [-0.2, -0.15) is 0 Å². The SMILES string of the molecule is Cc1ccccc1N1C(=O)C(=Cc2ccccc2)SC1=S. The molecule has 1 aliphatic rings. The van der Waals surface area contributed by atoms with Crippen molar-refractivity contribution in [3.63, 3.8) is 0 Å². The Hall–Kier alpha value is -1.91. The van der Waals surface area contributed by atoms with Crippen molar-refractivity contribution < 1.29 is 4.79 Å². The molecule has 1 saturated heterocycles. The Morgan fingerprint density at radius 3 is 2.43 bits per heavy atom. The van der Waals surface area contributed by atoms with Crippen LogP contribution >= 0.6 is 24.0 Å². The summed E-state index contributed by atoms with van der Waals surface area (Å²) in [6.07, 6.45) is 1.89. The van der Waals surface area contributed by atoms with Gasteiger partial charge in [0, 0.05) is 0 Å². The summed E-state index contributed by atoms with van der Waals surface area (Å²) in [4.78, 5) is 14.9. The van der Waals surface area contributed by atoms with Crippen LogP contribution in [-0.4, -0.2) is 10.2 Å². The fourth-order valence-electron chi connectivity index (χ4n) is 2.19. The zero-order valence-electron chi connectivity index (χ0n) is 11.4. The summed E-state index contributed by atoms with van der Waals surface area (Å²) in [7, 11) is 0. The van der Waals surface area contributed by atoms with Crippen molar-refractivity contribution in [1.82, 2.24) is 0 Å². The molecule has 0 unspecified atom stereocenters. The number of hydrogen-bond acceptors (Lipinski definition) is 3. The average molecular weight is 311 g/mol. The molecule has 2 aromatic carbocycles. The lowest BCUT2D eigenvalue weighted by Crippen LogP contribution is -2.28. The van der Waals surface area contributed by atoms with E-state index in [-0.39, 0.29) is 5.91 Å². The molecule has 1 heterocycles. The van der Waals surface area contributed by atoms with Crippen LogP contribution in [0.1, 0.15) is 11.1 Å². The van der Waals surface area contributed by atoms with E-state index in [9.17, 15) is 4.79 Å². The first-order chi connectivity index (χ1) is 10.2. The Bertz CT molecular complexity index is 737. The molecule has 0 atom stereocenters. The zero-order valence-corrected chi connectivity index (χ0v) is 13.1. The summed E-state index contributed by atoms with van der Waals surface area (Å²) < 4.78 is 0.580. The summed E-state index contributed by atoms with van der Waals surface area (Å²) in [5, 5.41) is 0. The van der Waals surface area contributed by atoms with E-state index in [2.05, 4.69) is 0 Å². The highest BCUT2D eigenvalue weighted by Crippen LogP contribution is 2.37. The van der Waals surface area contributed by atoms with Crippen LogP contribution in [0.5, 0.6) is 0 Å². The van der Waals surface area contributed by atoms with E-state index in [4.69, 9.17) is 12.2 Å². The van der Waals surface area contributed by atoms with Crippen LogP contribution in [0.4, 0.5) is 5.69 Å². The first-order valence-electron chi connectivity index (χ1n) is 6.55. The maximum atomic E-state index is 12.6. The van der Waals surface area contributed by atoms with Gasteiger partial charge in [-0.05, 0) is 30.2 Å². The second kappa shape index (κ2) is 5.84. The van der Waals surface area contributed by atoms with Crippen LogP contribution in [0.3, 0.4) is 0 Å². The molecule has 0 N–H and O–H groups in total. The van der Waals surface area contributed by atoms with E-state index >= 15 is 0 Å². The van der Waals surface area contributed by atoms with Gasteiger partial charge in [-0.25, -0.2) is 0 Å². The number of benzene rings is 2. The zero-order chi connectivity index (χ0) is 14.8. The van der Waals surface area contributed by atoms with Gasteiger partial charge in [-0.1, -0.05) is 72.5 Å². The molecule has 2 nitrogen and oxygen atoms in total. The minimum absolute atomic E-state index is 0.0526. The van der Waals surface area contributed by atoms with Crippen molar-refractivity contribution in [2.75, 3.05) is 4.90 Å². The molecule has 3 rings (SSSR count). The summed E-state index contributed by atoms with van der Waals surface area (Å²) >= 11 is 6.73. The molecule has 4 heteroatoms. The van der Waals surface area contributed by atoms with Gasteiger partial charge in [0.25, 0.3) is 5.91 Å². The maximum absolute atomic E-state index is 12.6. The molecule has 0 spiro atoms. The van der Waals surface area contributed by atoms with Gasteiger partial charge in [0.05, 0.1) is 10.6 Å². The predicted molar refractivity (Wildman–Crippen MR) is 93.3 cm³/mol. The van der Waals surface area contributed by atoms with Crippen molar-refractivity contribution in [3.05, 3.63) is 70.6 Å². The Kier molecular flexibility index (Phi) is 3.90. The van der Waals surface area contributed by atoms with Gasteiger partial charge in [0.15, 0.2) is 4.32 Å². The summed E-state index contributed by atoms with van der Waals surface area (Å²) in [6, 6.07) is 17.6. The van der Waals surface area contributed by atoms with Gasteiger partial charge >= 0.3 is 0 Å². The van der Waals surface area contributed by atoms with E-state index in [0.717, 1.165) is 16.8 Å². The smallest absolute Gasteiger partial charge is 0.268 e. The third-order valence-corrected chi connectivity index (χ3v) is 4.55. The molecule has 1 fully saturated rings. The minimum atomic E-state index is -0.0526. The van der Waals surface area contributed by atoms with Gasteiger partial charge in [0.1, 0.15) is 0 Å². The molecule has 21 heavy (non-hydrogen) atoms. The number of anilines is 1. The molecule has 0 saturated carbocycles. The number of thioether (sulfide) groups is 1. The molecule has 104 valence electrons. The number of nitrogens with zero attached hydrogens (tertiary/aromatic N) is 1. The predicted octanol–water partition coefficient (Wildman–Crippen LogP) is 4.40. The summed E-state index contributed by atoms with van der Waals surface area (Å²) in [5.41, 5.74) is 2.90. The van der Waals surface area contributed by atoms with E-state index in [1.54, 1.807) is 4.90 Å². The van der Waals surface area contributed by atoms with E-state index in [0.29, 0.717) is 9.23 Å². The number of rotatable bonds is 2. The van der Waals surface area contributed by atoms with Gasteiger partial charge in [0.2, 0.25) is 0 Å². The summed E-state index contributed by atoms with van der Waals surface area (Å²) in [5.74, 6) is -0.0526. The number of carbonyl (C=O) groups excluding carboxylic acids is 1. The highest BCUT2D eigenvalue weighted by atomic mass is 32.2. The van der Waals surface area contributed by atoms with Gasteiger partial charge in [-0.15, -0.1) is 0 Å². The number of carbonyl (C=O) groups is 1. The Balaban J connectivity index is 1.97. The summed E-state index contributed by atoms with van der Waals surface area (Å²) in [6.45, 7) is 1.98. The number of amides is 1. The van der Waals surface area contributed by atoms with Crippen molar-refractivity contribution >= 4 is 46.0 Å². The number of hydrogen-bond donors (Lipinski definition) is 0. The Morgan fingerprint density at radius 2 is 1.71 bits per heavy atom. The van der Waals surface area contributed by atoms with E-state index in [1.807, 2.05) is 67.6 Å². The highest BCUT2D eigenvalue weighted by molar-refractivity contribution is 8.27. The molecular weight excluding hydrogens is 298 g/mol. The lowest BCUT2D eigenvalue weighted by atomic mass is 10.1. The maximum Gasteiger partial charge on any atom is 0.270 e. The van der Waals surface area contributed by atoms with Gasteiger partial charge < -0.3 is 0 Å². The normalized spacial score (nSPS) is 16.8. The number of thiocarbonyl (C=S) groups is 1. The fourth-order valence-corrected chi connectivity index (χ4v) is 3.48. The van der Waals surface area contributed by atoms with E-state index in [1.165, 1.54) is 11.8 Å². The molecule has 1 aliphatic heterocycles. The third kappa shape index (κ3) is 2.77. The fraction of sp³-hybridized carbons (Fsp3) is 0.0588. The van der Waals surface area contributed by atoms with E-state index < -0.39 is 0 Å². The van der Waals surface area contributed by atoms with Crippen molar-refractivity contribution in [2.24, 2.45) is 0 Å². The van der Waals surface area contributed by atoms with Crippen molar-refractivity contribution in [3.8, 4) is 0 Å². The van der Waals surface area contributed by atoms with Crippen LogP contribution in [0, 0.1) is 6.92 Å². The number of para-hydroxylation sites is 1. The molecular formula is C17H13NOS2. The van der Waals surface area contributed by atoms with Crippen LogP contribution in [0.15, 0.2) is 59.5 Å². The largest absolute Gasteiger partial charge is 0.270 e. The Labute approximate surface area is 133 Å². The second-order valence-corrected chi connectivity index (χ2v) is 6.39.